The highest BCUT2D eigenvalue weighted by Crippen LogP contribution is 2.32. The third-order valence-electron chi connectivity index (χ3n) is 3.57. The van der Waals surface area contributed by atoms with E-state index in [1.54, 1.807) is 37.3 Å². The summed E-state index contributed by atoms with van der Waals surface area (Å²) >= 11 is 1.22. The van der Waals surface area contributed by atoms with Crippen LogP contribution in [0.4, 0.5) is 9.52 Å². The molecule has 0 fully saturated rings. The van der Waals surface area contributed by atoms with Crippen molar-refractivity contribution >= 4 is 32.6 Å². The fraction of sp³-hybridized carbons (Fsp3) is 0.118. The van der Waals surface area contributed by atoms with Crippen molar-refractivity contribution in [2.45, 2.75) is 13.5 Å². The predicted octanol–water partition coefficient (Wildman–Crippen LogP) is 4.17. The Hall–Kier alpha value is -3.00. The van der Waals surface area contributed by atoms with Crippen molar-refractivity contribution < 1.29 is 18.1 Å². The molecule has 0 atom stereocenters. The monoisotopic (exact) mass is 357 g/mol. The number of benzene rings is 1. The fourth-order valence-corrected chi connectivity index (χ4v) is 3.38. The largest absolute Gasteiger partial charge is 0.467 e. The third kappa shape index (κ3) is 2.91. The van der Waals surface area contributed by atoms with Crippen LogP contribution in [0.15, 0.2) is 51.6 Å². The van der Waals surface area contributed by atoms with E-state index in [-0.39, 0.29) is 17.8 Å². The highest BCUT2D eigenvalue weighted by atomic mass is 32.1. The zero-order valence-corrected chi connectivity index (χ0v) is 13.9. The Morgan fingerprint density at radius 3 is 2.88 bits per heavy atom. The minimum absolute atomic E-state index is 0.0868. The van der Waals surface area contributed by atoms with E-state index in [0.29, 0.717) is 21.3 Å². The lowest BCUT2D eigenvalue weighted by molar-refractivity contribution is 0.0947. The van der Waals surface area contributed by atoms with E-state index in [9.17, 15) is 9.18 Å². The van der Waals surface area contributed by atoms with E-state index in [2.05, 4.69) is 10.1 Å². The number of amides is 1. The SMILES string of the molecule is Cc1cc(C(=O)N(Cc2ccco2)c2nc3c(F)cccc3s2)on1. The molecule has 0 N–H and O–H groups in total. The molecule has 126 valence electrons. The van der Waals surface area contributed by atoms with Gasteiger partial charge in [-0.1, -0.05) is 22.6 Å². The van der Waals surface area contributed by atoms with Crippen LogP contribution in [-0.4, -0.2) is 16.0 Å². The topological polar surface area (TPSA) is 72.4 Å². The molecule has 0 unspecified atom stereocenters. The normalized spacial score (nSPS) is 11.1. The number of rotatable bonds is 4. The van der Waals surface area contributed by atoms with Crippen molar-refractivity contribution in [2.75, 3.05) is 4.90 Å². The molecule has 8 heteroatoms. The standard InChI is InChI=1S/C17H12FN3O3S/c1-10-8-13(24-20-10)16(22)21(9-11-4-3-7-23-11)17-19-15-12(18)5-2-6-14(15)25-17/h2-8H,9H2,1H3. The van der Waals surface area contributed by atoms with Crippen LogP contribution < -0.4 is 4.90 Å². The van der Waals surface area contributed by atoms with Crippen molar-refractivity contribution in [3.05, 3.63) is 65.7 Å². The van der Waals surface area contributed by atoms with Gasteiger partial charge in [0, 0.05) is 6.07 Å². The van der Waals surface area contributed by atoms with E-state index in [4.69, 9.17) is 8.94 Å². The van der Waals surface area contributed by atoms with E-state index < -0.39 is 11.7 Å². The van der Waals surface area contributed by atoms with Crippen molar-refractivity contribution in [3.8, 4) is 0 Å². The number of nitrogens with zero attached hydrogens (tertiary/aromatic N) is 3. The van der Waals surface area contributed by atoms with Gasteiger partial charge in [0.05, 0.1) is 23.2 Å². The number of thiazole rings is 1. The highest BCUT2D eigenvalue weighted by Gasteiger charge is 2.26. The summed E-state index contributed by atoms with van der Waals surface area (Å²) < 4.78 is 25.0. The van der Waals surface area contributed by atoms with Crippen LogP contribution in [0.2, 0.25) is 0 Å². The first-order valence-corrected chi connectivity index (χ1v) is 8.26. The van der Waals surface area contributed by atoms with Gasteiger partial charge in [0.1, 0.15) is 17.1 Å². The number of hydrogen-bond acceptors (Lipinski definition) is 6. The summed E-state index contributed by atoms with van der Waals surface area (Å²) in [7, 11) is 0. The number of aromatic nitrogens is 2. The number of halogens is 1. The summed E-state index contributed by atoms with van der Waals surface area (Å²) in [5, 5.41) is 4.10. The molecule has 25 heavy (non-hydrogen) atoms. The van der Waals surface area contributed by atoms with Gasteiger partial charge in [-0.2, -0.15) is 0 Å². The van der Waals surface area contributed by atoms with Crippen molar-refractivity contribution in [1.82, 2.24) is 10.1 Å². The average Bonchev–Trinajstić information content (AvgIpc) is 3.32. The first kappa shape index (κ1) is 15.5. The Bertz CT molecular complexity index is 1040. The number of para-hydroxylation sites is 1. The maximum Gasteiger partial charge on any atom is 0.299 e. The van der Waals surface area contributed by atoms with Crippen LogP contribution in [0.5, 0.6) is 0 Å². The second-order valence-corrected chi connectivity index (χ2v) is 6.40. The summed E-state index contributed by atoms with van der Waals surface area (Å²) in [5.74, 6) is -0.189. The number of carbonyl (C=O) groups is 1. The van der Waals surface area contributed by atoms with Gasteiger partial charge in [0.15, 0.2) is 5.13 Å². The Kier molecular flexibility index (Phi) is 3.81. The molecular weight excluding hydrogens is 345 g/mol. The van der Waals surface area contributed by atoms with E-state index in [0.717, 1.165) is 0 Å². The van der Waals surface area contributed by atoms with Gasteiger partial charge >= 0.3 is 0 Å². The molecule has 4 rings (SSSR count). The van der Waals surface area contributed by atoms with Crippen molar-refractivity contribution in [2.24, 2.45) is 0 Å². The summed E-state index contributed by atoms with van der Waals surface area (Å²) in [4.78, 5) is 18.6. The molecule has 1 amide bonds. The molecule has 3 heterocycles. The maximum absolute atomic E-state index is 14.0. The Balaban J connectivity index is 1.78. The zero-order valence-electron chi connectivity index (χ0n) is 13.1. The van der Waals surface area contributed by atoms with Crippen LogP contribution in [-0.2, 0) is 6.54 Å². The molecule has 0 radical (unpaired) electrons. The molecular formula is C17H12FN3O3S. The van der Waals surface area contributed by atoms with Crippen LogP contribution >= 0.6 is 11.3 Å². The molecule has 0 aliphatic rings. The van der Waals surface area contributed by atoms with Gasteiger partial charge in [-0.25, -0.2) is 9.37 Å². The molecule has 0 spiro atoms. The lowest BCUT2D eigenvalue weighted by atomic mass is 10.3. The van der Waals surface area contributed by atoms with Gasteiger partial charge in [-0.3, -0.25) is 9.69 Å². The van der Waals surface area contributed by atoms with Crippen LogP contribution in [0.3, 0.4) is 0 Å². The summed E-state index contributed by atoms with van der Waals surface area (Å²) in [5.41, 5.74) is 0.824. The second kappa shape index (κ2) is 6.14. The quantitative estimate of drug-likeness (QED) is 0.548. The minimum Gasteiger partial charge on any atom is -0.467 e. The lowest BCUT2D eigenvalue weighted by Crippen LogP contribution is -2.29. The number of carbonyl (C=O) groups excluding carboxylic acids is 1. The first-order chi connectivity index (χ1) is 12.1. The smallest absolute Gasteiger partial charge is 0.299 e. The van der Waals surface area contributed by atoms with Crippen molar-refractivity contribution in [1.29, 1.82) is 0 Å². The molecule has 6 nitrogen and oxygen atoms in total. The van der Waals surface area contributed by atoms with E-state index in [1.807, 2.05) is 0 Å². The molecule has 1 aromatic carbocycles. The van der Waals surface area contributed by atoms with E-state index >= 15 is 0 Å². The average molecular weight is 357 g/mol. The molecule has 4 aromatic rings. The van der Waals surface area contributed by atoms with E-state index in [1.165, 1.54) is 28.6 Å². The number of hydrogen-bond donors (Lipinski definition) is 0. The predicted molar refractivity (Wildman–Crippen MR) is 90.0 cm³/mol. The van der Waals surface area contributed by atoms with Gasteiger partial charge in [0.2, 0.25) is 5.76 Å². The summed E-state index contributed by atoms with van der Waals surface area (Å²) in [6.07, 6.45) is 1.52. The van der Waals surface area contributed by atoms with Gasteiger partial charge < -0.3 is 8.94 Å². The summed E-state index contributed by atoms with van der Waals surface area (Å²) in [6.45, 7) is 1.87. The molecule has 0 aliphatic carbocycles. The van der Waals surface area contributed by atoms with Gasteiger partial charge in [-0.05, 0) is 31.2 Å². The van der Waals surface area contributed by atoms with Crippen molar-refractivity contribution in [3.63, 3.8) is 0 Å². The number of fused-ring (bicyclic) bond motifs is 1. The van der Waals surface area contributed by atoms with Crippen LogP contribution in [0.1, 0.15) is 22.0 Å². The number of furan rings is 1. The summed E-state index contributed by atoms with van der Waals surface area (Å²) in [6, 6.07) is 9.73. The highest BCUT2D eigenvalue weighted by molar-refractivity contribution is 7.22. The molecule has 3 aromatic heterocycles. The van der Waals surface area contributed by atoms with Gasteiger partial charge in [0.25, 0.3) is 5.91 Å². The minimum atomic E-state index is -0.430. The number of aryl methyl sites for hydroxylation is 1. The molecule has 0 aliphatic heterocycles. The zero-order chi connectivity index (χ0) is 17.4. The number of anilines is 1. The Labute approximate surface area is 145 Å². The second-order valence-electron chi connectivity index (χ2n) is 5.39. The van der Waals surface area contributed by atoms with Gasteiger partial charge in [-0.15, -0.1) is 0 Å². The Morgan fingerprint density at radius 2 is 2.20 bits per heavy atom. The Morgan fingerprint density at radius 1 is 1.32 bits per heavy atom. The molecule has 0 bridgehead atoms. The van der Waals surface area contributed by atoms with Crippen LogP contribution in [0.25, 0.3) is 10.2 Å². The third-order valence-corrected chi connectivity index (χ3v) is 4.61. The maximum atomic E-state index is 14.0. The fourth-order valence-electron chi connectivity index (χ4n) is 2.40. The molecule has 0 saturated heterocycles. The molecule has 0 saturated carbocycles. The lowest BCUT2D eigenvalue weighted by Gasteiger charge is -2.16. The van der Waals surface area contributed by atoms with Crippen LogP contribution in [0, 0.1) is 12.7 Å². The first-order valence-electron chi connectivity index (χ1n) is 7.44.